The van der Waals surface area contributed by atoms with E-state index in [1.54, 1.807) is 19.1 Å². The standard InChI is InChI=1S/C17H20FNO2/c1-17(20,14-6-4-3-5-7-14)12-19-11-13-8-9-16(21-2)15(18)10-13/h3-10,19-20H,11-12H2,1-2H3. The molecule has 0 saturated heterocycles. The Hall–Kier alpha value is -1.91. The summed E-state index contributed by atoms with van der Waals surface area (Å²) in [6, 6.07) is 14.3. The average Bonchev–Trinajstić information content (AvgIpc) is 2.48. The predicted molar refractivity (Wildman–Crippen MR) is 80.7 cm³/mol. The minimum absolute atomic E-state index is 0.232. The van der Waals surface area contributed by atoms with Crippen molar-refractivity contribution in [3.8, 4) is 5.75 Å². The third-order valence-corrected chi connectivity index (χ3v) is 3.41. The van der Waals surface area contributed by atoms with E-state index < -0.39 is 5.60 Å². The smallest absolute Gasteiger partial charge is 0.165 e. The summed E-state index contributed by atoms with van der Waals surface area (Å²) in [5, 5.41) is 13.6. The van der Waals surface area contributed by atoms with E-state index >= 15 is 0 Å². The third kappa shape index (κ3) is 4.03. The molecule has 0 spiro atoms. The summed E-state index contributed by atoms with van der Waals surface area (Å²) in [6.45, 7) is 2.61. The van der Waals surface area contributed by atoms with Crippen molar-refractivity contribution in [2.75, 3.05) is 13.7 Å². The molecule has 0 radical (unpaired) electrons. The maximum Gasteiger partial charge on any atom is 0.165 e. The van der Waals surface area contributed by atoms with Gasteiger partial charge in [0.1, 0.15) is 0 Å². The van der Waals surface area contributed by atoms with Gasteiger partial charge in [0.05, 0.1) is 12.7 Å². The van der Waals surface area contributed by atoms with Crippen LogP contribution in [0.1, 0.15) is 18.1 Å². The highest BCUT2D eigenvalue weighted by Gasteiger charge is 2.21. The maximum absolute atomic E-state index is 13.6. The van der Waals surface area contributed by atoms with Crippen LogP contribution in [-0.2, 0) is 12.1 Å². The van der Waals surface area contributed by atoms with Gasteiger partial charge in [0, 0.05) is 13.1 Å². The van der Waals surface area contributed by atoms with Crippen molar-refractivity contribution in [1.82, 2.24) is 5.32 Å². The van der Waals surface area contributed by atoms with Crippen molar-refractivity contribution in [2.24, 2.45) is 0 Å². The molecule has 21 heavy (non-hydrogen) atoms. The topological polar surface area (TPSA) is 41.5 Å². The Morgan fingerprint density at radius 3 is 2.52 bits per heavy atom. The molecule has 2 aromatic carbocycles. The fourth-order valence-corrected chi connectivity index (χ4v) is 2.17. The molecule has 2 N–H and O–H groups in total. The fourth-order valence-electron chi connectivity index (χ4n) is 2.17. The van der Waals surface area contributed by atoms with E-state index in [-0.39, 0.29) is 11.6 Å². The monoisotopic (exact) mass is 289 g/mol. The second-order valence-corrected chi connectivity index (χ2v) is 5.21. The van der Waals surface area contributed by atoms with Crippen molar-refractivity contribution in [3.05, 3.63) is 65.5 Å². The summed E-state index contributed by atoms with van der Waals surface area (Å²) in [4.78, 5) is 0. The van der Waals surface area contributed by atoms with Crippen LogP contribution in [0.3, 0.4) is 0 Å². The first kappa shape index (κ1) is 15.5. The molecule has 3 nitrogen and oxygen atoms in total. The summed E-state index contributed by atoms with van der Waals surface area (Å²) in [5.41, 5.74) is 0.683. The second kappa shape index (κ2) is 6.70. The van der Waals surface area contributed by atoms with Gasteiger partial charge in [0.25, 0.3) is 0 Å². The van der Waals surface area contributed by atoms with E-state index in [2.05, 4.69) is 5.32 Å². The number of methoxy groups -OCH3 is 1. The molecule has 0 heterocycles. The minimum Gasteiger partial charge on any atom is -0.494 e. The van der Waals surface area contributed by atoms with Gasteiger partial charge in [-0.15, -0.1) is 0 Å². The lowest BCUT2D eigenvalue weighted by Crippen LogP contribution is -2.35. The van der Waals surface area contributed by atoms with Gasteiger partial charge in [-0.25, -0.2) is 4.39 Å². The van der Waals surface area contributed by atoms with Crippen LogP contribution in [0, 0.1) is 5.82 Å². The van der Waals surface area contributed by atoms with Crippen LogP contribution in [0.2, 0.25) is 0 Å². The van der Waals surface area contributed by atoms with Gasteiger partial charge in [-0.05, 0) is 30.2 Å². The molecule has 112 valence electrons. The number of benzene rings is 2. The fraction of sp³-hybridized carbons (Fsp3) is 0.294. The first-order valence-corrected chi connectivity index (χ1v) is 6.84. The molecule has 4 heteroatoms. The van der Waals surface area contributed by atoms with Crippen LogP contribution in [0.4, 0.5) is 4.39 Å². The Morgan fingerprint density at radius 1 is 1.19 bits per heavy atom. The van der Waals surface area contributed by atoms with Gasteiger partial charge in [-0.1, -0.05) is 36.4 Å². The van der Waals surface area contributed by atoms with Crippen molar-refractivity contribution >= 4 is 0 Å². The minimum atomic E-state index is -0.966. The molecule has 0 aliphatic heterocycles. The normalized spacial score (nSPS) is 13.7. The molecule has 1 atom stereocenters. The first-order valence-electron chi connectivity index (χ1n) is 6.84. The van der Waals surface area contributed by atoms with E-state index in [1.807, 2.05) is 30.3 Å². The van der Waals surface area contributed by atoms with E-state index in [4.69, 9.17) is 4.74 Å². The molecule has 0 bridgehead atoms. The number of ether oxygens (including phenoxy) is 1. The summed E-state index contributed by atoms with van der Waals surface area (Å²) >= 11 is 0. The number of rotatable bonds is 6. The number of halogens is 1. The zero-order valence-electron chi connectivity index (χ0n) is 12.3. The molecule has 1 unspecified atom stereocenters. The van der Waals surface area contributed by atoms with Crippen molar-refractivity contribution < 1.29 is 14.2 Å². The van der Waals surface area contributed by atoms with Gasteiger partial charge in [0.2, 0.25) is 0 Å². The molecule has 0 fully saturated rings. The summed E-state index contributed by atoms with van der Waals surface area (Å²) in [5.74, 6) is -0.151. The highest BCUT2D eigenvalue weighted by Crippen LogP contribution is 2.20. The number of hydrogen-bond acceptors (Lipinski definition) is 3. The van der Waals surface area contributed by atoms with Crippen LogP contribution in [0.25, 0.3) is 0 Å². The number of aliphatic hydroxyl groups is 1. The van der Waals surface area contributed by atoms with Crippen LogP contribution < -0.4 is 10.1 Å². The highest BCUT2D eigenvalue weighted by atomic mass is 19.1. The zero-order chi connectivity index (χ0) is 15.3. The first-order chi connectivity index (χ1) is 10.0. The summed E-state index contributed by atoms with van der Waals surface area (Å²) < 4.78 is 18.5. The number of hydrogen-bond donors (Lipinski definition) is 2. The second-order valence-electron chi connectivity index (χ2n) is 5.21. The van der Waals surface area contributed by atoms with Crippen LogP contribution in [0.15, 0.2) is 48.5 Å². The molecule has 2 aromatic rings. The maximum atomic E-state index is 13.6. The van der Waals surface area contributed by atoms with E-state index in [0.29, 0.717) is 13.1 Å². The zero-order valence-corrected chi connectivity index (χ0v) is 12.3. The Morgan fingerprint density at radius 2 is 1.90 bits per heavy atom. The van der Waals surface area contributed by atoms with Crippen molar-refractivity contribution in [3.63, 3.8) is 0 Å². The Bertz CT molecular complexity index is 585. The van der Waals surface area contributed by atoms with Gasteiger partial charge in [-0.3, -0.25) is 0 Å². The van der Waals surface area contributed by atoms with Crippen molar-refractivity contribution in [1.29, 1.82) is 0 Å². The molecule has 0 saturated carbocycles. The van der Waals surface area contributed by atoms with Crippen LogP contribution in [0.5, 0.6) is 5.75 Å². The summed E-state index contributed by atoms with van der Waals surface area (Å²) in [6.07, 6.45) is 0. The lowest BCUT2D eigenvalue weighted by atomic mass is 9.96. The SMILES string of the molecule is COc1ccc(CNCC(C)(O)c2ccccc2)cc1F. The van der Waals surface area contributed by atoms with Crippen LogP contribution in [-0.4, -0.2) is 18.8 Å². The molecular weight excluding hydrogens is 269 g/mol. The molecule has 0 aromatic heterocycles. The van der Waals surface area contributed by atoms with Crippen LogP contribution >= 0.6 is 0 Å². The molecular formula is C17H20FNO2. The van der Waals surface area contributed by atoms with Crippen molar-refractivity contribution in [2.45, 2.75) is 19.1 Å². The Kier molecular flexibility index (Phi) is 4.94. The third-order valence-electron chi connectivity index (χ3n) is 3.41. The quantitative estimate of drug-likeness (QED) is 0.859. The van der Waals surface area contributed by atoms with E-state index in [1.165, 1.54) is 13.2 Å². The largest absolute Gasteiger partial charge is 0.494 e. The molecule has 2 rings (SSSR count). The van der Waals surface area contributed by atoms with Gasteiger partial charge >= 0.3 is 0 Å². The summed E-state index contributed by atoms with van der Waals surface area (Å²) in [7, 11) is 1.44. The number of nitrogens with one attached hydrogen (secondary N) is 1. The lowest BCUT2D eigenvalue weighted by Gasteiger charge is -2.24. The molecule has 0 amide bonds. The Labute approximate surface area is 124 Å². The Balaban J connectivity index is 1.93. The predicted octanol–water partition coefficient (Wildman–Crippen LogP) is 2.83. The highest BCUT2D eigenvalue weighted by molar-refractivity contribution is 5.29. The average molecular weight is 289 g/mol. The molecule has 0 aliphatic rings. The van der Waals surface area contributed by atoms with Gasteiger partial charge in [-0.2, -0.15) is 0 Å². The van der Waals surface area contributed by atoms with E-state index in [0.717, 1.165) is 11.1 Å². The van der Waals surface area contributed by atoms with Gasteiger partial charge in [0.15, 0.2) is 11.6 Å². The lowest BCUT2D eigenvalue weighted by molar-refractivity contribution is 0.0566. The van der Waals surface area contributed by atoms with E-state index in [9.17, 15) is 9.50 Å². The van der Waals surface area contributed by atoms with Gasteiger partial charge < -0.3 is 15.2 Å². The molecule has 0 aliphatic carbocycles.